The predicted octanol–water partition coefficient (Wildman–Crippen LogP) is 3.46. The van der Waals surface area contributed by atoms with Crippen LogP contribution in [0.2, 0.25) is 0 Å². The molecule has 0 heterocycles. The minimum Gasteiger partial charge on any atom is -0.489 e. The van der Waals surface area contributed by atoms with E-state index in [1.165, 1.54) is 5.56 Å². The van der Waals surface area contributed by atoms with Gasteiger partial charge in [0.15, 0.2) is 0 Å². The van der Waals surface area contributed by atoms with Crippen LogP contribution < -0.4 is 10.5 Å². The number of hydrogen-bond donors (Lipinski definition) is 1. The van der Waals surface area contributed by atoms with Crippen LogP contribution in [0.1, 0.15) is 16.7 Å². The Labute approximate surface area is 102 Å². The summed E-state index contributed by atoms with van der Waals surface area (Å²) < 4.78 is 5.80. The summed E-state index contributed by atoms with van der Waals surface area (Å²) in [6.45, 7) is 4.59. The maximum atomic E-state index is 5.84. The normalized spacial score (nSPS) is 10.2. The van der Waals surface area contributed by atoms with Gasteiger partial charge in [0, 0.05) is 5.69 Å². The second-order valence-electron chi connectivity index (χ2n) is 4.25. The Balaban J connectivity index is 2.12. The molecule has 0 saturated carbocycles. The first-order chi connectivity index (χ1) is 8.16. The van der Waals surface area contributed by atoms with Crippen molar-refractivity contribution in [1.29, 1.82) is 0 Å². The van der Waals surface area contributed by atoms with Gasteiger partial charge in [-0.1, -0.05) is 30.3 Å². The number of benzene rings is 2. The van der Waals surface area contributed by atoms with Crippen LogP contribution in [0.15, 0.2) is 42.5 Å². The van der Waals surface area contributed by atoms with Crippen LogP contribution in [0.5, 0.6) is 5.75 Å². The zero-order valence-corrected chi connectivity index (χ0v) is 10.2. The van der Waals surface area contributed by atoms with Crippen molar-refractivity contribution < 1.29 is 4.74 Å². The number of nitrogens with two attached hydrogens (primary N) is 1. The second-order valence-corrected chi connectivity index (χ2v) is 4.25. The summed E-state index contributed by atoms with van der Waals surface area (Å²) in [6, 6.07) is 14.1. The van der Waals surface area contributed by atoms with E-state index in [0.29, 0.717) is 6.61 Å². The third-order valence-electron chi connectivity index (χ3n) is 2.80. The summed E-state index contributed by atoms with van der Waals surface area (Å²) in [6.07, 6.45) is 0. The molecule has 2 N–H and O–H groups in total. The second kappa shape index (κ2) is 4.91. The van der Waals surface area contributed by atoms with Crippen LogP contribution in [0.4, 0.5) is 5.69 Å². The fraction of sp³-hybridized carbons (Fsp3) is 0.200. The van der Waals surface area contributed by atoms with Gasteiger partial charge in [0.25, 0.3) is 0 Å². The lowest BCUT2D eigenvalue weighted by atomic mass is 10.1. The predicted molar refractivity (Wildman–Crippen MR) is 71.1 cm³/mol. The molecule has 0 aromatic heterocycles. The third-order valence-corrected chi connectivity index (χ3v) is 2.80. The van der Waals surface area contributed by atoms with Crippen molar-refractivity contribution in [1.82, 2.24) is 0 Å². The van der Waals surface area contributed by atoms with Gasteiger partial charge in [-0.05, 0) is 42.7 Å². The summed E-state index contributed by atoms with van der Waals surface area (Å²) >= 11 is 0. The topological polar surface area (TPSA) is 35.2 Å². The summed E-state index contributed by atoms with van der Waals surface area (Å²) in [5.74, 6) is 0.903. The molecular weight excluding hydrogens is 210 g/mol. The van der Waals surface area contributed by atoms with Crippen LogP contribution in [-0.2, 0) is 6.61 Å². The molecule has 88 valence electrons. The summed E-state index contributed by atoms with van der Waals surface area (Å²) in [5, 5.41) is 0. The van der Waals surface area contributed by atoms with Crippen LogP contribution in [-0.4, -0.2) is 0 Å². The van der Waals surface area contributed by atoms with Gasteiger partial charge in [0.2, 0.25) is 0 Å². The third kappa shape index (κ3) is 2.78. The molecule has 2 aromatic carbocycles. The van der Waals surface area contributed by atoms with E-state index in [1.807, 2.05) is 44.2 Å². The van der Waals surface area contributed by atoms with Crippen molar-refractivity contribution in [3.05, 3.63) is 59.2 Å². The van der Waals surface area contributed by atoms with Crippen molar-refractivity contribution in [3.8, 4) is 5.75 Å². The fourth-order valence-corrected chi connectivity index (χ4v) is 1.70. The molecule has 0 saturated heterocycles. The molecule has 0 fully saturated rings. The molecule has 0 spiro atoms. The first-order valence-electron chi connectivity index (χ1n) is 5.70. The highest BCUT2D eigenvalue weighted by Gasteiger charge is 2.03. The lowest BCUT2D eigenvalue weighted by Gasteiger charge is -2.11. The Hall–Kier alpha value is -1.96. The molecule has 2 rings (SSSR count). The quantitative estimate of drug-likeness (QED) is 0.815. The molecule has 0 radical (unpaired) electrons. The molecule has 0 unspecified atom stereocenters. The van der Waals surface area contributed by atoms with Gasteiger partial charge in [-0.2, -0.15) is 0 Å². The van der Waals surface area contributed by atoms with Gasteiger partial charge in [0.1, 0.15) is 12.4 Å². The van der Waals surface area contributed by atoms with E-state index < -0.39 is 0 Å². The van der Waals surface area contributed by atoms with Crippen molar-refractivity contribution in [2.45, 2.75) is 20.5 Å². The Kier molecular flexibility index (Phi) is 3.33. The number of hydrogen-bond acceptors (Lipinski definition) is 2. The Bertz CT molecular complexity index is 506. The van der Waals surface area contributed by atoms with Gasteiger partial charge in [0.05, 0.1) is 0 Å². The molecule has 0 aliphatic carbocycles. The van der Waals surface area contributed by atoms with Gasteiger partial charge >= 0.3 is 0 Å². The molecule has 0 bridgehead atoms. The first-order valence-corrected chi connectivity index (χ1v) is 5.70. The monoisotopic (exact) mass is 227 g/mol. The zero-order chi connectivity index (χ0) is 12.3. The molecule has 0 aliphatic rings. The van der Waals surface area contributed by atoms with Crippen LogP contribution >= 0.6 is 0 Å². The molecule has 2 heteroatoms. The van der Waals surface area contributed by atoms with E-state index in [1.54, 1.807) is 0 Å². The average molecular weight is 227 g/mol. The summed E-state index contributed by atoms with van der Waals surface area (Å²) in [5.41, 5.74) is 9.95. The molecule has 0 amide bonds. The standard InChI is InChI=1S/C15H17NO/c1-11-9-15(12(2)8-14(11)16)17-10-13-6-4-3-5-7-13/h3-9H,10,16H2,1-2H3. The van der Waals surface area contributed by atoms with Gasteiger partial charge in [-0.25, -0.2) is 0 Å². The average Bonchev–Trinajstić information content (AvgIpc) is 2.33. The maximum Gasteiger partial charge on any atom is 0.123 e. The lowest BCUT2D eigenvalue weighted by molar-refractivity contribution is 0.304. The smallest absolute Gasteiger partial charge is 0.123 e. The highest BCUT2D eigenvalue weighted by atomic mass is 16.5. The van der Waals surface area contributed by atoms with Gasteiger partial charge < -0.3 is 10.5 Å². The number of nitrogen functional groups attached to an aromatic ring is 1. The van der Waals surface area contributed by atoms with Gasteiger partial charge in [-0.15, -0.1) is 0 Å². The maximum absolute atomic E-state index is 5.84. The van der Waals surface area contributed by atoms with E-state index in [4.69, 9.17) is 10.5 Å². The SMILES string of the molecule is Cc1cc(OCc2ccccc2)c(C)cc1N. The fourth-order valence-electron chi connectivity index (χ4n) is 1.70. The zero-order valence-electron chi connectivity index (χ0n) is 10.2. The van der Waals surface area contributed by atoms with Crippen molar-refractivity contribution in [2.24, 2.45) is 0 Å². The molecule has 2 aromatic rings. The molecule has 0 atom stereocenters. The van der Waals surface area contributed by atoms with Crippen molar-refractivity contribution in [3.63, 3.8) is 0 Å². The molecule has 0 aliphatic heterocycles. The van der Waals surface area contributed by atoms with E-state index in [-0.39, 0.29) is 0 Å². The first kappa shape index (κ1) is 11.5. The number of rotatable bonds is 3. The van der Waals surface area contributed by atoms with Crippen molar-refractivity contribution in [2.75, 3.05) is 5.73 Å². The number of ether oxygens (including phenoxy) is 1. The molecular formula is C15H17NO. The summed E-state index contributed by atoms with van der Waals surface area (Å²) in [7, 11) is 0. The minimum absolute atomic E-state index is 0.588. The molecule has 2 nitrogen and oxygen atoms in total. The van der Waals surface area contributed by atoms with Crippen LogP contribution in [0.3, 0.4) is 0 Å². The molecule has 17 heavy (non-hydrogen) atoms. The number of aryl methyl sites for hydroxylation is 2. The lowest BCUT2D eigenvalue weighted by Crippen LogP contribution is -1.99. The highest BCUT2D eigenvalue weighted by Crippen LogP contribution is 2.24. The summed E-state index contributed by atoms with van der Waals surface area (Å²) in [4.78, 5) is 0. The highest BCUT2D eigenvalue weighted by molar-refractivity contribution is 5.53. The Morgan fingerprint density at radius 1 is 1.00 bits per heavy atom. The number of anilines is 1. The van der Waals surface area contributed by atoms with E-state index in [9.17, 15) is 0 Å². The Morgan fingerprint density at radius 2 is 1.71 bits per heavy atom. The Morgan fingerprint density at radius 3 is 2.41 bits per heavy atom. The van der Waals surface area contributed by atoms with Crippen molar-refractivity contribution >= 4 is 5.69 Å². The van der Waals surface area contributed by atoms with E-state index in [2.05, 4.69) is 12.1 Å². The largest absolute Gasteiger partial charge is 0.489 e. The minimum atomic E-state index is 0.588. The van der Waals surface area contributed by atoms with Gasteiger partial charge in [-0.3, -0.25) is 0 Å². The van der Waals surface area contributed by atoms with E-state index in [0.717, 1.165) is 22.6 Å². The van der Waals surface area contributed by atoms with Crippen LogP contribution in [0, 0.1) is 13.8 Å². The van der Waals surface area contributed by atoms with Crippen LogP contribution in [0.25, 0.3) is 0 Å². The van der Waals surface area contributed by atoms with E-state index >= 15 is 0 Å².